The van der Waals surface area contributed by atoms with Gasteiger partial charge >= 0.3 is 6.18 Å². The first kappa shape index (κ1) is 15.1. The number of halogens is 6. The Kier molecular flexibility index (Phi) is 3.76. The molecule has 2 aromatic rings. The van der Waals surface area contributed by atoms with E-state index in [4.69, 9.17) is 0 Å². The third kappa shape index (κ3) is 3.07. The van der Waals surface area contributed by atoms with E-state index in [1.807, 2.05) is 0 Å². The largest absolute Gasteiger partial charge is 0.416 e. The number of alkyl halides is 3. The van der Waals surface area contributed by atoms with Gasteiger partial charge in [0.15, 0.2) is 17.5 Å². The van der Waals surface area contributed by atoms with Gasteiger partial charge in [0.05, 0.1) is 5.56 Å². The number of rotatable bonds is 2. The summed E-state index contributed by atoms with van der Waals surface area (Å²) in [5.41, 5.74) is -2.01. The maximum Gasteiger partial charge on any atom is 0.416 e. The molecule has 0 saturated carbocycles. The SMILES string of the molecule is O=Cc1cc(-c2cc(F)c(F)c(F)c2)cc(C(F)(F)F)c1. The van der Waals surface area contributed by atoms with Crippen LogP contribution >= 0.6 is 0 Å². The molecule has 0 aliphatic carbocycles. The molecule has 2 rings (SSSR count). The van der Waals surface area contributed by atoms with Crippen LogP contribution in [-0.2, 0) is 6.18 Å². The molecule has 0 aliphatic rings. The fraction of sp³-hybridized carbons (Fsp3) is 0.0714. The second-order valence-electron chi connectivity index (χ2n) is 4.21. The average Bonchev–Trinajstić information content (AvgIpc) is 2.42. The molecule has 7 heteroatoms. The highest BCUT2D eigenvalue weighted by molar-refractivity contribution is 5.79. The molecule has 1 nitrogen and oxygen atoms in total. The average molecular weight is 304 g/mol. The van der Waals surface area contributed by atoms with Crippen LogP contribution in [0.25, 0.3) is 11.1 Å². The Hall–Kier alpha value is -2.31. The summed E-state index contributed by atoms with van der Waals surface area (Å²) in [7, 11) is 0. The third-order valence-corrected chi connectivity index (χ3v) is 2.74. The first-order valence-electron chi connectivity index (χ1n) is 5.55. The van der Waals surface area contributed by atoms with E-state index < -0.39 is 29.2 Å². The lowest BCUT2D eigenvalue weighted by molar-refractivity contribution is -0.137. The minimum Gasteiger partial charge on any atom is -0.298 e. The van der Waals surface area contributed by atoms with Crippen LogP contribution in [0.5, 0.6) is 0 Å². The molecule has 0 amide bonds. The fourth-order valence-corrected chi connectivity index (χ4v) is 1.77. The van der Waals surface area contributed by atoms with Gasteiger partial charge in [-0.25, -0.2) is 13.2 Å². The minimum absolute atomic E-state index is 0.176. The summed E-state index contributed by atoms with van der Waals surface area (Å²) < 4.78 is 77.2. The van der Waals surface area contributed by atoms with Gasteiger partial charge in [-0.1, -0.05) is 0 Å². The topological polar surface area (TPSA) is 17.1 Å². The van der Waals surface area contributed by atoms with Crippen molar-refractivity contribution in [3.05, 3.63) is 58.9 Å². The Balaban J connectivity index is 2.66. The predicted molar refractivity (Wildman–Crippen MR) is 62.1 cm³/mol. The van der Waals surface area contributed by atoms with Gasteiger partial charge in [0, 0.05) is 5.56 Å². The van der Waals surface area contributed by atoms with E-state index in [9.17, 15) is 31.1 Å². The molecule has 0 radical (unpaired) electrons. The molecule has 2 aromatic carbocycles. The summed E-state index contributed by atoms with van der Waals surface area (Å²) in [6.45, 7) is 0. The number of hydrogen-bond acceptors (Lipinski definition) is 1. The van der Waals surface area contributed by atoms with Crippen molar-refractivity contribution in [1.82, 2.24) is 0 Å². The molecule has 0 atom stereocenters. The van der Waals surface area contributed by atoms with Crippen LogP contribution in [0.2, 0.25) is 0 Å². The highest BCUT2D eigenvalue weighted by Gasteiger charge is 2.31. The Bertz CT molecular complexity index is 682. The van der Waals surface area contributed by atoms with Gasteiger partial charge in [0.1, 0.15) is 6.29 Å². The monoisotopic (exact) mass is 304 g/mol. The second kappa shape index (κ2) is 5.23. The van der Waals surface area contributed by atoms with E-state index in [-0.39, 0.29) is 23.0 Å². The van der Waals surface area contributed by atoms with Crippen LogP contribution < -0.4 is 0 Å². The van der Waals surface area contributed by atoms with Crippen LogP contribution in [0, 0.1) is 17.5 Å². The minimum atomic E-state index is -4.73. The standard InChI is InChI=1S/C14H6F6O/c15-11-4-9(5-12(16)13(11)17)8-1-7(6-21)2-10(3-8)14(18,19)20/h1-6H. The summed E-state index contributed by atoms with van der Waals surface area (Å²) in [6, 6.07) is 3.37. The van der Waals surface area contributed by atoms with E-state index in [0.29, 0.717) is 24.3 Å². The van der Waals surface area contributed by atoms with Crippen LogP contribution in [0.1, 0.15) is 15.9 Å². The molecule has 21 heavy (non-hydrogen) atoms. The van der Waals surface area contributed by atoms with Crippen molar-refractivity contribution in [3.8, 4) is 11.1 Å². The molecule has 0 N–H and O–H groups in total. The number of carbonyl (C=O) groups is 1. The van der Waals surface area contributed by atoms with Crippen LogP contribution in [-0.4, -0.2) is 6.29 Å². The van der Waals surface area contributed by atoms with Crippen molar-refractivity contribution in [2.45, 2.75) is 6.18 Å². The zero-order valence-corrected chi connectivity index (χ0v) is 10.1. The molecular formula is C14H6F6O. The molecular weight excluding hydrogens is 298 g/mol. The van der Waals surface area contributed by atoms with Gasteiger partial charge in [-0.05, 0) is 41.5 Å². The highest BCUT2D eigenvalue weighted by atomic mass is 19.4. The summed E-state index contributed by atoms with van der Waals surface area (Å²) >= 11 is 0. The van der Waals surface area contributed by atoms with Crippen molar-refractivity contribution in [2.75, 3.05) is 0 Å². The van der Waals surface area contributed by atoms with E-state index in [2.05, 4.69) is 0 Å². The van der Waals surface area contributed by atoms with Crippen LogP contribution in [0.3, 0.4) is 0 Å². The van der Waals surface area contributed by atoms with Crippen molar-refractivity contribution in [1.29, 1.82) is 0 Å². The quantitative estimate of drug-likeness (QED) is 0.450. The predicted octanol–water partition coefficient (Wildman–Crippen LogP) is 4.60. The lowest BCUT2D eigenvalue weighted by Gasteiger charge is -2.11. The zero-order valence-electron chi connectivity index (χ0n) is 10.1. The Morgan fingerprint density at radius 1 is 0.810 bits per heavy atom. The van der Waals surface area contributed by atoms with E-state index in [0.717, 1.165) is 6.07 Å². The first-order chi connectivity index (χ1) is 9.72. The van der Waals surface area contributed by atoms with Crippen molar-refractivity contribution in [3.63, 3.8) is 0 Å². The van der Waals surface area contributed by atoms with Gasteiger partial charge in [0.25, 0.3) is 0 Å². The molecule has 0 aromatic heterocycles. The van der Waals surface area contributed by atoms with E-state index in [1.165, 1.54) is 0 Å². The Morgan fingerprint density at radius 2 is 1.33 bits per heavy atom. The van der Waals surface area contributed by atoms with Crippen LogP contribution in [0.4, 0.5) is 26.3 Å². The number of hydrogen-bond donors (Lipinski definition) is 0. The molecule has 0 heterocycles. The first-order valence-corrected chi connectivity index (χ1v) is 5.55. The molecule has 110 valence electrons. The number of aldehydes is 1. The molecule has 0 spiro atoms. The second-order valence-corrected chi connectivity index (χ2v) is 4.21. The number of carbonyl (C=O) groups excluding carboxylic acids is 1. The lowest BCUT2D eigenvalue weighted by Crippen LogP contribution is -2.06. The summed E-state index contributed by atoms with van der Waals surface area (Å²) in [6.07, 6.45) is -4.56. The van der Waals surface area contributed by atoms with E-state index in [1.54, 1.807) is 0 Å². The Morgan fingerprint density at radius 3 is 1.81 bits per heavy atom. The van der Waals surface area contributed by atoms with Gasteiger partial charge in [-0.3, -0.25) is 4.79 Å². The highest BCUT2D eigenvalue weighted by Crippen LogP contribution is 2.33. The molecule has 0 aliphatic heterocycles. The lowest BCUT2D eigenvalue weighted by atomic mass is 9.99. The summed E-state index contributed by atoms with van der Waals surface area (Å²) in [5, 5.41) is 0. The van der Waals surface area contributed by atoms with Crippen molar-refractivity contribution >= 4 is 6.29 Å². The maximum atomic E-state index is 13.1. The van der Waals surface area contributed by atoms with Gasteiger partial charge in [0.2, 0.25) is 0 Å². The normalized spacial score (nSPS) is 11.5. The zero-order chi connectivity index (χ0) is 15.8. The van der Waals surface area contributed by atoms with Crippen molar-refractivity contribution < 1.29 is 31.1 Å². The van der Waals surface area contributed by atoms with Crippen LogP contribution in [0.15, 0.2) is 30.3 Å². The fourth-order valence-electron chi connectivity index (χ4n) is 1.77. The third-order valence-electron chi connectivity index (χ3n) is 2.74. The Labute approximate surface area is 114 Å². The molecule has 0 unspecified atom stereocenters. The number of benzene rings is 2. The molecule has 0 fully saturated rings. The van der Waals surface area contributed by atoms with Gasteiger partial charge < -0.3 is 0 Å². The van der Waals surface area contributed by atoms with Gasteiger partial charge in [-0.15, -0.1) is 0 Å². The smallest absolute Gasteiger partial charge is 0.298 e. The van der Waals surface area contributed by atoms with Gasteiger partial charge in [-0.2, -0.15) is 13.2 Å². The maximum absolute atomic E-state index is 13.1. The summed E-state index contributed by atoms with van der Waals surface area (Å²) in [5.74, 6) is -4.79. The molecule has 0 bridgehead atoms. The van der Waals surface area contributed by atoms with Crippen molar-refractivity contribution in [2.24, 2.45) is 0 Å². The molecule has 0 saturated heterocycles. The summed E-state index contributed by atoms with van der Waals surface area (Å²) in [4.78, 5) is 10.7. The van der Waals surface area contributed by atoms with E-state index >= 15 is 0 Å².